The minimum atomic E-state index is -0.109. The molecule has 0 unspecified atom stereocenters. The molecule has 0 aromatic rings. The van der Waals surface area contributed by atoms with Gasteiger partial charge in [0.25, 0.3) is 0 Å². The summed E-state index contributed by atoms with van der Waals surface area (Å²) in [5.41, 5.74) is 0. The van der Waals surface area contributed by atoms with Crippen LogP contribution in [0.1, 0.15) is 84.0 Å². The molecule has 0 atom stereocenters. The van der Waals surface area contributed by atoms with Crippen molar-refractivity contribution in [2.24, 2.45) is 0 Å². The molecule has 0 aliphatic carbocycles. The predicted octanol–water partition coefficient (Wildman–Crippen LogP) is 7.09. The van der Waals surface area contributed by atoms with Crippen LogP contribution in [0.5, 0.6) is 0 Å². The normalized spacial score (nSPS) is 12.2. The van der Waals surface area contributed by atoms with Gasteiger partial charge in [-0.1, -0.05) is 74.8 Å². The Hall–Kier alpha value is -1.57. The van der Waals surface area contributed by atoms with E-state index in [1.165, 1.54) is 39.2 Å². The highest BCUT2D eigenvalue weighted by molar-refractivity contribution is 5.68. The standard InChI is InChI=1S/C23H38O2/c1-3-4-5-6-7-8-9-10-11-12-13-14-15-16-17-18-19-20-21-22-23(24)25-2/h8-9,11-12,14-15,17-18H,3-7,10,13,16,19-22H2,1-2H3/b9-8+,12-11+,15-14+,18-17+. The molecule has 0 saturated carbocycles. The maximum absolute atomic E-state index is 10.9. The summed E-state index contributed by atoms with van der Waals surface area (Å²) in [6, 6.07) is 0. The summed E-state index contributed by atoms with van der Waals surface area (Å²) in [6.07, 6.45) is 31.0. The predicted molar refractivity (Wildman–Crippen MR) is 110 cm³/mol. The van der Waals surface area contributed by atoms with Crippen molar-refractivity contribution >= 4 is 5.97 Å². The van der Waals surface area contributed by atoms with Gasteiger partial charge in [0.05, 0.1) is 7.11 Å². The lowest BCUT2D eigenvalue weighted by Gasteiger charge is -1.96. The van der Waals surface area contributed by atoms with Crippen LogP contribution in [0.15, 0.2) is 48.6 Å². The summed E-state index contributed by atoms with van der Waals surface area (Å²) in [5, 5.41) is 0. The number of allylic oxidation sites excluding steroid dienone is 8. The zero-order chi connectivity index (χ0) is 18.4. The first-order valence-electron chi connectivity index (χ1n) is 9.98. The Morgan fingerprint density at radius 2 is 1.16 bits per heavy atom. The molecule has 0 aromatic carbocycles. The number of unbranched alkanes of at least 4 members (excludes halogenated alkanes) is 6. The molecule has 142 valence electrons. The van der Waals surface area contributed by atoms with E-state index in [1.54, 1.807) is 0 Å². The first-order valence-corrected chi connectivity index (χ1v) is 9.98. The molecule has 2 heteroatoms. The Bertz CT molecular complexity index is 402. The van der Waals surface area contributed by atoms with Gasteiger partial charge in [-0.25, -0.2) is 0 Å². The van der Waals surface area contributed by atoms with Gasteiger partial charge in [0.2, 0.25) is 0 Å². The van der Waals surface area contributed by atoms with Gasteiger partial charge in [0, 0.05) is 6.42 Å². The maximum Gasteiger partial charge on any atom is 0.305 e. The molecule has 0 aliphatic heterocycles. The second-order valence-corrected chi connectivity index (χ2v) is 6.26. The Balaban J connectivity index is 3.40. The van der Waals surface area contributed by atoms with E-state index in [4.69, 9.17) is 0 Å². The molecule has 0 aliphatic rings. The minimum absolute atomic E-state index is 0.109. The van der Waals surface area contributed by atoms with E-state index in [-0.39, 0.29) is 5.97 Å². The Morgan fingerprint density at radius 1 is 0.680 bits per heavy atom. The van der Waals surface area contributed by atoms with Crippen LogP contribution in [-0.4, -0.2) is 13.1 Å². The number of rotatable bonds is 16. The SMILES string of the molecule is CCCCCC/C=C/C/C=C/C/C=C/C/C=C/CCCCC(=O)OC. The van der Waals surface area contributed by atoms with Gasteiger partial charge >= 0.3 is 5.97 Å². The maximum atomic E-state index is 10.9. The minimum Gasteiger partial charge on any atom is -0.469 e. The van der Waals surface area contributed by atoms with Crippen molar-refractivity contribution in [1.29, 1.82) is 0 Å². The van der Waals surface area contributed by atoms with Crippen LogP contribution in [0, 0.1) is 0 Å². The summed E-state index contributed by atoms with van der Waals surface area (Å²) >= 11 is 0. The van der Waals surface area contributed by atoms with Crippen molar-refractivity contribution in [3.8, 4) is 0 Å². The molecule has 0 bridgehead atoms. The zero-order valence-corrected chi connectivity index (χ0v) is 16.4. The summed E-state index contributed by atoms with van der Waals surface area (Å²) in [6.45, 7) is 2.25. The molecular weight excluding hydrogens is 308 g/mol. The van der Waals surface area contributed by atoms with Crippen LogP contribution in [-0.2, 0) is 9.53 Å². The van der Waals surface area contributed by atoms with Crippen LogP contribution >= 0.6 is 0 Å². The van der Waals surface area contributed by atoms with Gasteiger partial charge in [0.1, 0.15) is 0 Å². The van der Waals surface area contributed by atoms with Crippen molar-refractivity contribution in [1.82, 2.24) is 0 Å². The third-order valence-corrected chi connectivity index (χ3v) is 3.94. The number of methoxy groups -OCH3 is 1. The average molecular weight is 347 g/mol. The number of carbonyl (C=O) groups is 1. The lowest BCUT2D eigenvalue weighted by molar-refractivity contribution is -0.140. The lowest BCUT2D eigenvalue weighted by atomic mass is 10.1. The smallest absolute Gasteiger partial charge is 0.305 e. The molecule has 0 heterocycles. The van der Waals surface area contributed by atoms with Gasteiger partial charge in [-0.05, 0) is 51.4 Å². The van der Waals surface area contributed by atoms with Gasteiger partial charge in [-0.2, -0.15) is 0 Å². The Kier molecular flexibility index (Phi) is 19.2. The van der Waals surface area contributed by atoms with E-state index in [2.05, 4.69) is 60.3 Å². The monoisotopic (exact) mass is 346 g/mol. The number of esters is 1. The van der Waals surface area contributed by atoms with Crippen LogP contribution in [0.25, 0.3) is 0 Å². The third-order valence-electron chi connectivity index (χ3n) is 3.94. The molecule has 0 aromatic heterocycles. The molecule has 0 N–H and O–H groups in total. The lowest BCUT2D eigenvalue weighted by Crippen LogP contribution is -1.98. The fourth-order valence-corrected chi connectivity index (χ4v) is 2.37. The van der Waals surface area contributed by atoms with E-state index in [0.29, 0.717) is 6.42 Å². The van der Waals surface area contributed by atoms with E-state index < -0.39 is 0 Å². The fourth-order valence-electron chi connectivity index (χ4n) is 2.37. The topological polar surface area (TPSA) is 26.3 Å². The highest BCUT2D eigenvalue weighted by atomic mass is 16.5. The molecule has 25 heavy (non-hydrogen) atoms. The zero-order valence-electron chi connectivity index (χ0n) is 16.4. The van der Waals surface area contributed by atoms with E-state index in [1.807, 2.05) is 0 Å². The second-order valence-electron chi connectivity index (χ2n) is 6.26. The molecule has 2 nitrogen and oxygen atoms in total. The van der Waals surface area contributed by atoms with Gasteiger partial charge in [-0.15, -0.1) is 0 Å². The van der Waals surface area contributed by atoms with Crippen molar-refractivity contribution < 1.29 is 9.53 Å². The quantitative estimate of drug-likeness (QED) is 0.169. The summed E-state index contributed by atoms with van der Waals surface area (Å²) in [7, 11) is 1.44. The van der Waals surface area contributed by atoms with Crippen LogP contribution in [0.4, 0.5) is 0 Å². The summed E-state index contributed by atoms with van der Waals surface area (Å²) < 4.78 is 4.61. The average Bonchev–Trinajstić information content (AvgIpc) is 2.63. The number of ether oxygens (including phenoxy) is 1. The van der Waals surface area contributed by atoms with Crippen LogP contribution < -0.4 is 0 Å². The van der Waals surface area contributed by atoms with E-state index in [9.17, 15) is 4.79 Å². The second kappa shape index (κ2) is 20.5. The molecule has 0 spiro atoms. The van der Waals surface area contributed by atoms with Crippen molar-refractivity contribution in [3.05, 3.63) is 48.6 Å². The first kappa shape index (κ1) is 23.4. The third kappa shape index (κ3) is 20.4. The first-order chi connectivity index (χ1) is 12.3. The number of hydrogen-bond donors (Lipinski definition) is 0. The van der Waals surface area contributed by atoms with Gasteiger partial charge < -0.3 is 4.74 Å². The Labute approximate surface area is 155 Å². The van der Waals surface area contributed by atoms with Crippen LogP contribution in [0.2, 0.25) is 0 Å². The van der Waals surface area contributed by atoms with Gasteiger partial charge in [0.15, 0.2) is 0 Å². The largest absolute Gasteiger partial charge is 0.469 e. The van der Waals surface area contributed by atoms with Gasteiger partial charge in [-0.3, -0.25) is 4.79 Å². The molecule has 0 amide bonds. The van der Waals surface area contributed by atoms with Crippen molar-refractivity contribution in [2.75, 3.05) is 7.11 Å². The molecule has 0 radical (unpaired) electrons. The highest BCUT2D eigenvalue weighted by Gasteiger charge is 1.97. The molecule has 0 rings (SSSR count). The highest BCUT2D eigenvalue weighted by Crippen LogP contribution is 2.04. The number of carbonyl (C=O) groups excluding carboxylic acids is 1. The van der Waals surface area contributed by atoms with E-state index in [0.717, 1.165) is 38.5 Å². The summed E-state index contributed by atoms with van der Waals surface area (Å²) in [4.78, 5) is 10.9. The molecule has 0 saturated heterocycles. The Morgan fingerprint density at radius 3 is 1.64 bits per heavy atom. The molecule has 0 fully saturated rings. The summed E-state index contributed by atoms with van der Waals surface area (Å²) in [5.74, 6) is -0.109. The van der Waals surface area contributed by atoms with Crippen molar-refractivity contribution in [3.63, 3.8) is 0 Å². The van der Waals surface area contributed by atoms with Crippen molar-refractivity contribution in [2.45, 2.75) is 84.0 Å². The number of hydrogen-bond acceptors (Lipinski definition) is 2. The molecular formula is C23H38O2. The van der Waals surface area contributed by atoms with Crippen LogP contribution in [0.3, 0.4) is 0 Å². The fraction of sp³-hybridized carbons (Fsp3) is 0.609. The van der Waals surface area contributed by atoms with E-state index >= 15 is 0 Å².